The molecule has 0 bridgehead atoms. The van der Waals surface area contributed by atoms with Crippen LogP contribution in [0.25, 0.3) is 0 Å². The summed E-state index contributed by atoms with van der Waals surface area (Å²) in [5.41, 5.74) is 6.80. The number of nitrogens with two attached hydrogens (primary N) is 1. The van der Waals surface area contributed by atoms with E-state index in [1.54, 1.807) is 0 Å². The van der Waals surface area contributed by atoms with Crippen molar-refractivity contribution in [1.82, 2.24) is 0 Å². The molecule has 72 valence electrons. The summed E-state index contributed by atoms with van der Waals surface area (Å²) in [6, 6.07) is 1.89. The van der Waals surface area contributed by atoms with Crippen LogP contribution < -0.4 is 5.73 Å². The molecule has 0 radical (unpaired) electrons. The highest BCUT2D eigenvalue weighted by Gasteiger charge is 2.11. The third-order valence-electron chi connectivity index (χ3n) is 1.79. The molecule has 0 saturated heterocycles. The fraction of sp³-hybridized carbons (Fsp3) is 0.444. The van der Waals surface area contributed by atoms with Crippen LogP contribution in [0.3, 0.4) is 0 Å². The maximum atomic E-state index is 10.4. The summed E-state index contributed by atoms with van der Waals surface area (Å²) in [5.74, 6) is -0.449. The maximum Gasteiger partial charge on any atom is 0.308 e. The van der Waals surface area contributed by atoms with Gasteiger partial charge in [0.15, 0.2) is 0 Å². The third kappa shape index (κ3) is 2.45. The van der Waals surface area contributed by atoms with E-state index in [1.807, 2.05) is 19.9 Å². The third-order valence-corrected chi connectivity index (χ3v) is 2.77. The van der Waals surface area contributed by atoms with E-state index in [0.717, 1.165) is 15.4 Å². The Morgan fingerprint density at radius 2 is 2.31 bits per heavy atom. The number of carboxylic acid groups (broad SMARTS) is 1. The molecule has 0 fully saturated rings. The minimum Gasteiger partial charge on any atom is -0.481 e. The van der Waals surface area contributed by atoms with Gasteiger partial charge in [-0.3, -0.25) is 4.79 Å². The summed E-state index contributed by atoms with van der Waals surface area (Å²) >= 11 is 1.37. The summed E-state index contributed by atoms with van der Waals surface area (Å²) in [4.78, 5) is 11.3. The summed E-state index contributed by atoms with van der Waals surface area (Å²) in [6.45, 7) is 4.09. The first-order valence-electron chi connectivity index (χ1n) is 4.10. The van der Waals surface area contributed by atoms with Gasteiger partial charge in [-0.1, -0.05) is 13.8 Å². The second-order valence-corrected chi connectivity index (χ2v) is 4.43. The Kier molecular flexibility index (Phi) is 2.93. The maximum absolute atomic E-state index is 10.4. The number of anilines is 1. The highest BCUT2D eigenvalue weighted by Crippen LogP contribution is 2.30. The summed E-state index contributed by atoms with van der Waals surface area (Å²) in [7, 11) is 0. The largest absolute Gasteiger partial charge is 0.481 e. The van der Waals surface area contributed by atoms with Crippen molar-refractivity contribution in [3.63, 3.8) is 0 Å². The number of rotatable bonds is 3. The van der Waals surface area contributed by atoms with Crippen molar-refractivity contribution in [2.24, 2.45) is 0 Å². The van der Waals surface area contributed by atoms with Crippen LogP contribution in [0.4, 0.5) is 5.00 Å². The molecular weight excluding hydrogens is 186 g/mol. The van der Waals surface area contributed by atoms with Crippen molar-refractivity contribution >= 4 is 22.3 Å². The van der Waals surface area contributed by atoms with Crippen molar-refractivity contribution in [3.8, 4) is 0 Å². The topological polar surface area (TPSA) is 63.3 Å². The van der Waals surface area contributed by atoms with Crippen LogP contribution >= 0.6 is 11.3 Å². The van der Waals surface area contributed by atoms with Crippen molar-refractivity contribution in [2.45, 2.75) is 26.2 Å². The minimum absolute atomic E-state index is 0.0710. The van der Waals surface area contributed by atoms with Gasteiger partial charge in [0.2, 0.25) is 0 Å². The van der Waals surface area contributed by atoms with Crippen LogP contribution in [-0.2, 0) is 11.2 Å². The number of hydrogen-bond acceptors (Lipinski definition) is 3. The number of carbonyl (C=O) groups is 1. The zero-order valence-electron chi connectivity index (χ0n) is 7.70. The second kappa shape index (κ2) is 3.79. The Morgan fingerprint density at radius 3 is 2.69 bits per heavy atom. The van der Waals surface area contributed by atoms with E-state index in [9.17, 15) is 4.79 Å². The molecule has 3 nitrogen and oxygen atoms in total. The van der Waals surface area contributed by atoms with Crippen molar-refractivity contribution in [3.05, 3.63) is 16.5 Å². The molecule has 1 aromatic rings. The molecule has 0 aromatic carbocycles. The lowest BCUT2D eigenvalue weighted by Gasteiger charge is -2.00. The molecule has 1 heterocycles. The molecular formula is C9H13NO2S. The van der Waals surface area contributed by atoms with E-state index in [1.165, 1.54) is 11.3 Å². The Hall–Kier alpha value is -1.03. The first-order chi connectivity index (χ1) is 6.00. The zero-order chi connectivity index (χ0) is 10.0. The molecule has 0 aliphatic heterocycles. The van der Waals surface area contributed by atoms with Gasteiger partial charge in [-0.25, -0.2) is 0 Å². The Bertz CT molecular complexity index is 317. The highest BCUT2D eigenvalue weighted by molar-refractivity contribution is 7.16. The molecule has 0 spiro atoms. The van der Waals surface area contributed by atoms with Gasteiger partial charge in [-0.2, -0.15) is 0 Å². The van der Waals surface area contributed by atoms with Crippen molar-refractivity contribution in [1.29, 1.82) is 0 Å². The SMILES string of the molecule is CC(C)c1cc(CC(=O)O)sc1N. The van der Waals surface area contributed by atoms with Gasteiger partial charge in [-0.05, 0) is 17.5 Å². The molecule has 13 heavy (non-hydrogen) atoms. The summed E-state index contributed by atoms with van der Waals surface area (Å²) in [6.07, 6.45) is 0.0710. The van der Waals surface area contributed by atoms with Gasteiger partial charge in [0, 0.05) is 4.88 Å². The fourth-order valence-electron chi connectivity index (χ4n) is 1.16. The fourth-order valence-corrected chi connectivity index (χ4v) is 2.24. The molecule has 1 rings (SSSR count). The Morgan fingerprint density at radius 1 is 1.69 bits per heavy atom. The van der Waals surface area contributed by atoms with Crippen LogP contribution in [0.2, 0.25) is 0 Å². The molecule has 0 atom stereocenters. The number of thiophene rings is 1. The normalized spacial score (nSPS) is 10.7. The van der Waals surface area contributed by atoms with Gasteiger partial charge in [0.05, 0.1) is 11.4 Å². The van der Waals surface area contributed by atoms with Crippen LogP contribution in [0, 0.1) is 0 Å². The van der Waals surface area contributed by atoms with E-state index in [0.29, 0.717) is 5.92 Å². The smallest absolute Gasteiger partial charge is 0.308 e. The average Bonchev–Trinajstić information content (AvgIpc) is 2.29. The predicted molar refractivity (Wildman–Crippen MR) is 54.2 cm³/mol. The van der Waals surface area contributed by atoms with Crippen LogP contribution in [0.5, 0.6) is 0 Å². The lowest BCUT2D eigenvalue weighted by atomic mass is 10.1. The molecule has 4 heteroatoms. The highest BCUT2D eigenvalue weighted by atomic mass is 32.1. The van der Waals surface area contributed by atoms with E-state index in [2.05, 4.69) is 0 Å². The number of hydrogen-bond donors (Lipinski definition) is 2. The molecule has 0 saturated carbocycles. The predicted octanol–water partition coefficient (Wildman–Crippen LogP) is 2.08. The van der Waals surface area contributed by atoms with E-state index in [-0.39, 0.29) is 6.42 Å². The van der Waals surface area contributed by atoms with Crippen LogP contribution in [0.1, 0.15) is 30.2 Å². The first-order valence-corrected chi connectivity index (χ1v) is 4.92. The van der Waals surface area contributed by atoms with Gasteiger partial charge in [-0.15, -0.1) is 11.3 Å². The monoisotopic (exact) mass is 199 g/mol. The number of carboxylic acids is 1. The standard InChI is InChI=1S/C9H13NO2S/c1-5(2)7-3-6(4-8(11)12)13-9(7)10/h3,5H,4,10H2,1-2H3,(H,11,12). The lowest BCUT2D eigenvalue weighted by molar-refractivity contribution is -0.136. The van der Waals surface area contributed by atoms with Gasteiger partial charge >= 0.3 is 5.97 Å². The molecule has 1 aromatic heterocycles. The quantitative estimate of drug-likeness (QED) is 0.783. The second-order valence-electron chi connectivity index (χ2n) is 3.26. The van der Waals surface area contributed by atoms with Crippen molar-refractivity contribution < 1.29 is 9.90 Å². The van der Waals surface area contributed by atoms with E-state index < -0.39 is 5.97 Å². The van der Waals surface area contributed by atoms with Gasteiger partial charge < -0.3 is 10.8 Å². The molecule has 0 aliphatic rings. The number of nitrogen functional groups attached to an aromatic ring is 1. The van der Waals surface area contributed by atoms with Gasteiger partial charge in [0.25, 0.3) is 0 Å². The van der Waals surface area contributed by atoms with E-state index in [4.69, 9.17) is 10.8 Å². The van der Waals surface area contributed by atoms with Gasteiger partial charge in [0.1, 0.15) is 0 Å². The Balaban J connectivity index is 2.88. The molecule has 0 unspecified atom stereocenters. The van der Waals surface area contributed by atoms with Crippen molar-refractivity contribution in [2.75, 3.05) is 5.73 Å². The summed E-state index contributed by atoms with van der Waals surface area (Å²) < 4.78 is 0. The van der Waals surface area contributed by atoms with E-state index >= 15 is 0 Å². The molecule has 0 amide bonds. The Labute approximate surface area is 81.2 Å². The lowest BCUT2D eigenvalue weighted by Crippen LogP contribution is -1.97. The first kappa shape index (κ1) is 10.1. The molecule has 3 N–H and O–H groups in total. The minimum atomic E-state index is -0.809. The number of aliphatic carboxylic acids is 1. The summed E-state index contributed by atoms with van der Waals surface area (Å²) in [5, 5.41) is 9.31. The zero-order valence-corrected chi connectivity index (χ0v) is 8.52. The molecule has 0 aliphatic carbocycles. The average molecular weight is 199 g/mol. The van der Waals surface area contributed by atoms with Crippen LogP contribution in [0.15, 0.2) is 6.07 Å². The van der Waals surface area contributed by atoms with Crippen LogP contribution in [-0.4, -0.2) is 11.1 Å².